The van der Waals surface area contributed by atoms with Crippen LogP contribution in [0.25, 0.3) is 10.9 Å². The van der Waals surface area contributed by atoms with Crippen LogP contribution in [-0.4, -0.2) is 46.2 Å². The Kier molecular flexibility index (Phi) is 10.1. The van der Waals surface area contributed by atoms with E-state index in [0.29, 0.717) is 5.39 Å². The molecule has 0 saturated heterocycles. The Morgan fingerprint density at radius 2 is 1.66 bits per heavy atom. The van der Waals surface area contributed by atoms with E-state index in [2.05, 4.69) is 42.2 Å². The molecule has 0 spiro atoms. The summed E-state index contributed by atoms with van der Waals surface area (Å²) in [7, 11) is 0. The second-order valence-electron chi connectivity index (χ2n) is 7.40. The number of aliphatic carboxylic acids is 2. The molecule has 1 atom stereocenters. The van der Waals surface area contributed by atoms with Crippen molar-refractivity contribution < 1.29 is 24.7 Å². The monoisotopic (exact) mass is 439 g/mol. The van der Waals surface area contributed by atoms with Gasteiger partial charge < -0.3 is 19.9 Å². The van der Waals surface area contributed by atoms with Crippen molar-refractivity contribution in [3.05, 3.63) is 76.8 Å². The van der Waals surface area contributed by atoms with Gasteiger partial charge in [-0.2, -0.15) is 0 Å². The van der Waals surface area contributed by atoms with E-state index in [-0.39, 0.29) is 5.56 Å². The number of hydrogen-bond donors (Lipinski definition) is 2. The number of carboxylic acid groups (broad SMARTS) is 2. The van der Waals surface area contributed by atoms with Crippen LogP contribution in [0.4, 0.5) is 0 Å². The second kappa shape index (κ2) is 13.0. The van der Waals surface area contributed by atoms with Crippen molar-refractivity contribution in [2.75, 3.05) is 19.6 Å². The van der Waals surface area contributed by atoms with E-state index in [1.165, 1.54) is 18.5 Å². The van der Waals surface area contributed by atoms with Gasteiger partial charge in [-0.05, 0) is 31.0 Å². The summed E-state index contributed by atoms with van der Waals surface area (Å²) < 4.78 is 1.75. The van der Waals surface area contributed by atoms with E-state index in [4.69, 9.17) is 19.8 Å². The number of benzene rings is 2. The van der Waals surface area contributed by atoms with E-state index in [9.17, 15) is 4.79 Å². The quantitative estimate of drug-likeness (QED) is 0.458. The molecule has 1 unspecified atom stereocenters. The Morgan fingerprint density at radius 3 is 2.31 bits per heavy atom. The number of carboxylic acids is 2. The lowest BCUT2D eigenvalue weighted by atomic mass is 10.1. The van der Waals surface area contributed by atoms with Crippen LogP contribution in [-0.2, 0) is 22.6 Å². The standard InChI is InChI=1S/C22H27N3O.C2H2O4/c1-2-24(15-8-12-19-10-4-3-5-11-19)16-9-17-25-18-23-21-14-7-6-13-20(21)22(25)26;3-1(4)2(5)6/h3-7,10-11,13-14,18H,2,8-9,12,15-17H2,1H3;(H,3,4)(H,5,6). The van der Waals surface area contributed by atoms with Gasteiger partial charge in [0.15, 0.2) is 5.97 Å². The molecule has 0 fully saturated rings. The number of aryl methyl sites for hydroxylation is 2. The number of hydrogen-bond acceptors (Lipinski definition) is 5. The Hall–Kier alpha value is -3.52. The average Bonchev–Trinajstić information content (AvgIpc) is 2.80. The van der Waals surface area contributed by atoms with Crippen LogP contribution in [0.1, 0.15) is 25.3 Å². The van der Waals surface area contributed by atoms with Crippen LogP contribution in [0.3, 0.4) is 0 Å². The van der Waals surface area contributed by atoms with Crippen LogP contribution >= 0.6 is 0 Å². The Labute approximate surface area is 186 Å². The maximum absolute atomic E-state index is 12.5. The minimum atomic E-state index is -2.07. The van der Waals surface area contributed by atoms with Crippen molar-refractivity contribution in [3.63, 3.8) is 0 Å². The van der Waals surface area contributed by atoms with Crippen molar-refractivity contribution in [1.82, 2.24) is 9.55 Å². The van der Waals surface area contributed by atoms with Crippen molar-refractivity contribution in [2.24, 2.45) is 0 Å². The van der Waals surface area contributed by atoms with Gasteiger partial charge in [0.1, 0.15) is 0 Å². The number of carbonyl (C=O) groups is 2. The smallest absolute Gasteiger partial charge is 0.351 e. The highest BCUT2D eigenvalue weighted by Gasteiger charge is 2.08. The third-order valence-electron chi connectivity index (χ3n) is 5.17. The summed E-state index contributed by atoms with van der Waals surface area (Å²) in [4.78, 5) is 36.5. The molecule has 32 heavy (non-hydrogen) atoms. The van der Waals surface area contributed by atoms with Crippen molar-refractivity contribution in [1.29, 1.82) is 0 Å². The van der Waals surface area contributed by atoms with E-state index in [0.717, 1.165) is 38.0 Å². The molecule has 0 saturated carbocycles. The molecule has 0 amide bonds. The summed E-state index contributed by atoms with van der Waals surface area (Å²) in [6.07, 6.45) is 5.02. The summed E-state index contributed by atoms with van der Waals surface area (Å²) >= 11 is 0. The molecule has 2 N–H and O–H groups in total. The molecule has 1 aromatic heterocycles. The lowest BCUT2D eigenvalue weighted by molar-refractivity contribution is -0.898. The van der Waals surface area contributed by atoms with Crippen LogP contribution in [0.2, 0.25) is 0 Å². The maximum Gasteiger partial charge on any atom is 0.351 e. The lowest BCUT2D eigenvalue weighted by Gasteiger charge is -2.18. The number of quaternary nitrogens is 1. The predicted molar refractivity (Wildman–Crippen MR) is 119 cm³/mol. The summed E-state index contributed by atoms with van der Waals surface area (Å²) in [5, 5.41) is 17.0. The number of para-hydroxylation sites is 1. The van der Waals surface area contributed by atoms with Gasteiger partial charge in [0, 0.05) is 19.4 Å². The van der Waals surface area contributed by atoms with Gasteiger partial charge in [0.25, 0.3) is 5.56 Å². The number of fused-ring (bicyclic) bond motifs is 1. The Bertz CT molecular complexity index is 1050. The molecule has 3 rings (SSSR count). The molecule has 0 aliphatic rings. The second-order valence-corrected chi connectivity index (χ2v) is 7.40. The lowest BCUT2D eigenvalue weighted by Crippen LogP contribution is -3.11. The zero-order chi connectivity index (χ0) is 23.3. The predicted octanol–water partition coefficient (Wildman–Crippen LogP) is 0.145. The van der Waals surface area contributed by atoms with Gasteiger partial charge in [-0.1, -0.05) is 42.5 Å². The molecule has 1 heterocycles. The first-order valence-electron chi connectivity index (χ1n) is 10.7. The minimum absolute atomic E-state index is 0.0673. The van der Waals surface area contributed by atoms with Crippen molar-refractivity contribution >= 4 is 22.8 Å². The number of carbonyl (C=O) groups excluding carboxylic acids is 1. The van der Waals surface area contributed by atoms with Gasteiger partial charge in [0.2, 0.25) is 0 Å². The highest BCUT2D eigenvalue weighted by molar-refractivity contribution is 6.26. The molecule has 3 aromatic rings. The number of nitrogens with zero attached hydrogens (tertiary/aromatic N) is 2. The highest BCUT2D eigenvalue weighted by atomic mass is 16.4. The first kappa shape index (κ1) is 24.7. The average molecular weight is 440 g/mol. The fraction of sp³-hybridized carbons (Fsp3) is 0.333. The summed E-state index contributed by atoms with van der Waals surface area (Å²) in [6.45, 7) is 6.36. The fourth-order valence-electron chi connectivity index (χ4n) is 3.43. The molecule has 2 aromatic carbocycles. The van der Waals surface area contributed by atoms with Crippen molar-refractivity contribution in [3.8, 4) is 0 Å². The van der Waals surface area contributed by atoms with Crippen LogP contribution in [0.5, 0.6) is 0 Å². The van der Waals surface area contributed by atoms with Gasteiger partial charge in [-0.25, -0.2) is 9.78 Å². The summed E-state index contributed by atoms with van der Waals surface area (Å²) in [5.41, 5.74) is 2.25. The van der Waals surface area contributed by atoms with Gasteiger partial charge >= 0.3 is 5.97 Å². The molecule has 8 heteroatoms. The molecule has 8 nitrogen and oxygen atoms in total. The van der Waals surface area contributed by atoms with E-state index >= 15 is 0 Å². The fourth-order valence-corrected chi connectivity index (χ4v) is 3.43. The van der Waals surface area contributed by atoms with E-state index in [1.54, 1.807) is 15.8 Å². The Balaban J connectivity index is 0.000000534. The third-order valence-corrected chi connectivity index (χ3v) is 5.17. The van der Waals surface area contributed by atoms with Gasteiger partial charge in [0.05, 0.1) is 36.9 Å². The van der Waals surface area contributed by atoms with Crippen LogP contribution in [0.15, 0.2) is 65.7 Å². The maximum atomic E-state index is 12.5. The first-order chi connectivity index (χ1) is 15.4. The topological polar surface area (TPSA) is 117 Å². The number of aromatic nitrogens is 2. The minimum Gasteiger partial charge on any atom is -0.539 e. The SMILES string of the molecule is CC[NH+](CCCc1ccccc1)CCCn1cnc2ccccc2c1=O.O=C([O-])C(=O)O. The molecule has 0 aliphatic heterocycles. The Morgan fingerprint density at radius 1 is 1.03 bits per heavy atom. The third kappa shape index (κ3) is 7.96. The molecular weight excluding hydrogens is 410 g/mol. The molecular formula is C24H29N3O5. The van der Waals surface area contributed by atoms with E-state index < -0.39 is 11.9 Å². The summed E-state index contributed by atoms with van der Waals surface area (Å²) in [6, 6.07) is 18.2. The number of rotatable bonds is 9. The molecule has 170 valence electrons. The molecule has 0 radical (unpaired) electrons. The number of nitrogens with one attached hydrogen (secondary N) is 1. The normalized spacial score (nSPS) is 11.4. The van der Waals surface area contributed by atoms with Gasteiger partial charge in [-0.15, -0.1) is 0 Å². The first-order valence-corrected chi connectivity index (χ1v) is 10.7. The van der Waals surface area contributed by atoms with Crippen LogP contribution in [0, 0.1) is 0 Å². The summed E-state index contributed by atoms with van der Waals surface area (Å²) in [5.74, 6) is -4.01. The zero-order valence-corrected chi connectivity index (χ0v) is 18.2. The zero-order valence-electron chi connectivity index (χ0n) is 18.2. The van der Waals surface area contributed by atoms with Crippen molar-refractivity contribution in [2.45, 2.75) is 32.7 Å². The molecule has 0 bridgehead atoms. The van der Waals surface area contributed by atoms with Crippen LogP contribution < -0.4 is 15.6 Å². The highest BCUT2D eigenvalue weighted by Crippen LogP contribution is 2.04. The van der Waals surface area contributed by atoms with E-state index in [1.807, 2.05) is 24.3 Å². The van der Waals surface area contributed by atoms with Gasteiger partial charge in [-0.3, -0.25) is 9.36 Å². The molecule has 0 aliphatic carbocycles. The largest absolute Gasteiger partial charge is 0.539 e.